The van der Waals surface area contributed by atoms with Crippen LogP contribution in [0, 0.1) is 0 Å². The highest BCUT2D eigenvalue weighted by molar-refractivity contribution is 7.92. The van der Waals surface area contributed by atoms with Crippen molar-refractivity contribution < 1.29 is 32.2 Å². The number of rotatable bonds is 17. The number of carbonyl (C=O) groups is 2. The van der Waals surface area contributed by atoms with Gasteiger partial charge in [-0.1, -0.05) is 61.0 Å². The third-order valence-electron chi connectivity index (χ3n) is 7.74. The topological polar surface area (TPSA) is 114 Å². The number of hydrogen-bond donors (Lipinski definition) is 1. The van der Waals surface area contributed by atoms with Crippen molar-refractivity contribution in [2.24, 2.45) is 0 Å². The van der Waals surface area contributed by atoms with E-state index >= 15 is 0 Å². The highest BCUT2D eigenvalue weighted by Crippen LogP contribution is 2.33. The number of benzene rings is 4. The minimum absolute atomic E-state index is 0.0283. The average Bonchev–Trinajstić information content (AvgIpc) is 3.12. The monoisotopic (exact) mass is 707 g/mol. The first kappa shape index (κ1) is 37.1. The number of nitrogens with one attached hydrogen (secondary N) is 1. The Balaban J connectivity index is 1.82. The summed E-state index contributed by atoms with van der Waals surface area (Å²) in [6, 6.07) is 26.1. The molecule has 2 amide bonds. The van der Waals surface area contributed by atoms with E-state index in [9.17, 15) is 18.0 Å². The van der Waals surface area contributed by atoms with Gasteiger partial charge in [-0.25, -0.2) is 8.42 Å². The SMILES string of the molecule is CCCNC(=O)C(Cc1ccccc1)N(Cc1ccc(Cl)cc1)C(=O)CN(c1ccc(OCC)cc1)S(=O)(=O)c1ccc(OC)c(OC)c1. The Morgan fingerprint density at radius 2 is 1.51 bits per heavy atom. The number of halogens is 1. The number of ether oxygens (including phenoxy) is 3. The van der Waals surface area contributed by atoms with E-state index in [4.69, 9.17) is 25.8 Å². The molecule has 4 rings (SSSR count). The van der Waals surface area contributed by atoms with Crippen LogP contribution >= 0.6 is 11.6 Å². The van der Waals surface area contributed by atoms with E-state index in [0.29, 0.717) is 36.1 Å². The van der Waals surface area contributed by atoms with Crippen LogP contribution in [0.2, 0.25) is 5.02 Å². The maximum atomic E-state index is 14.6. The van der Waals surface area contributed by atoms with Gasteiger partial charge in [-0.2, -0.15) is 0 Å². The number of methoxy groups -OCH3 is 2. The van der Waals surface area contributed by atoms with Crippen LogP contribution in [-0.4, -0.2) is 65.1 Å². The second kappa shape index (κ2) is 17.6. The molecule has 0 bridgehead atoms. The molecule has 12 heteroatoms. The van der Waals surface area contributed by atoms with Crippen LogP contribution in [0.1, 0.15) is 31.4 Å². The lowest BCUT2D eigenvalue weighted by Crippen LogP contribution is -2.53. The van der Waals surface area contributed by atoms with Gasteiger partial charge in [-0.15, -0.1) is 0 Å². The van der Waals surface area contributed by atoms with E-state index in [2.05, 4.69) is 5.32 Å². The molecule has 49 heavy (non-hydrogen) atoms. The predicted molar refractivity (Wildman–Crippen MR) is 191 cm³/mol. The average molecular weight is 708 g/mol. The number of sulfonamides is 1. The molecule has 0 aliphatic rings. The lowest BCUT2D eigenvalue weighted by molar-refractivity contribution is -0.140. The summed E-state index contributed by atoms with van der Waals surface area (Å²) in [7, 11) is -1.51. The molecule has 0 aliphatic heterocycles. The van der Waals surface area contributed by atoms with Crippen molar-refractivity contribution in [2.45, 2.75) is 44.2 Å². The fraction of sp³-hybridized carbons (Fsp3) is 0.297. The zero-order valence-corrected chi connectivity index (χ0v) is 29.7. The summed E-state index contributed by atoms with van der Waals surface area (Å²) in [6.07, 6.45) is 0.908. The zero-order valence-electron chi connectivity index (χ0n) is 28.1. The zero-order chi connectivity index (χ0) is 35.4. The van der Waals surface area contributed by atoms with Gasteiger partial charge < -0.3 is 24.4 Å². The Kier molecular flexibility index (Phi) is 13.3. The molecule has 0 aromatic heterocycles. The van der Waals surface area contributed by atoms with Crippen LogP contribution in [0.25, 0.3) is 0 Å². The molecule has 0 spiro atoms. The molecular formula is C37H42ClN3O7S. The number of anilines is 1. The summed E-state index contributed by atoms with van der Waals surface area (Å²) >= 11 is 6.16. The standard InChI is InChI=1S/C37H42ClN3O7S/c1-5-22-39-37(43)33(23-27-10-8-7-9-11-27)40(25-28-12-14-29(38)15-13-28)36(42)26-41(30-16-18-31(19-17-30)48-6-2)49(44,45)32-20-21-34(46-3)35(24-32)47-4/h7-21,24,33H,5-6,22-23,25-26H2,1-4H3,(H,39,43). The van der Waals surface area contributed by atoms with Crippen molar-refractivity contribution >= 4 is 39.1 Å². The summed E-state index contributed by atoms with van der Waals surface area (Å²) in [6.45, 7) is 4.05. The number of hydrogen-bond acceptors (Lipinski definition) is 7. The second-order valence-corrected chi connectivity index (χ2v) is 13.4. The van der Waals surface area contributed by atoms with Crippen LogP contribution in [0.15, 0.2) is 102 Å². The van der Waals surface area contributed by atoms with Gasteiger partial charge in [0.15, 0.2) is 11.5 Å². The van der Waals surface area contributed by atoms with Crippen molar-refractivity contribution in [3.05, 3.63) is 113 Å². The molecule has 1 unspecified atom stereocenters. The van der Waals surface area contributed by atoms with Gasteiger partial charge in [0.25, 0.3) is 10.0 Å². The molecule has 260 valence electrons. The van der Waals surface area contributed by atoms with E-state index in [-0.39, 0.29) is 35.2 Å². The van der Waals surface area contributed by atoms with Gasteiger partial charge in [-0.3, -0.25) is 13.9 Å². The fourth-order valence-corrected chi connectivity index (χ4v) is 6.77. The summed E-state index contributed by atoms with van der Waals surface area (Å²) in [5.41, 5.74) is 1.79. The van der Waals surface area contributed by atoms with Gasteiger partial charge in [-0.05, 0) is 73.0 Å². The van der Waals surface area contributed by atoms with Gasteiger partial charge in [0.05, 0.1) is 31.4 Å². The molecule has 0 saturated heterocycles. The first-order chi connectivity index (χ1) is 23.6. The molecule has 0 fully saturated rings. The molecule has 1 N–H and O–H groups in total. The highest BCUT2D eigenvalue weighted by Gasteiger charge is 2.35. The van der Waals surface area contributed by atoms with Crippen molar-refractivity contribution in [1.29, 1.82) is 0 Å². The normalized spacial score (nSPS) is 11.7. The van der Waals surface area contributed by atoms with E-state index in [0.717, 1.165) is 15.4 Å². The second-order valence-electron chi connectivity index (χ2n) is 11.1. The van der Waals surface area contributed by atoms with Gasteiger partial charge >= 0.3 is 0 Å². The van der Waals surface area contributed by atoms with Crippen molar-refractivity contribution in [1.82, 2.24) is 10.2 Å². The van der Waals surface area contributed by atoms with Crippen LogP contribution < -0.4 is 23.8 Å². The fourth-order valence-electron chi connectivity index (χ4n) is 5.21. The Morgan fingerprint density at radius 1 is 0.837 bits per heavy atom. The molecule has 0 radical (unpaired) electrons. The van der Waals surface area contributed by atoms with E-state index in [1.165, 1.54) is 37.3 Å². The number of nitrogens with zero attached hydrogens (tertiary/aromatic N) is 2. The number of carbonyl (C=O) groups excluding carboxylic acids is 2. The molecule has 0 saturated carbocycles. The maximum Gasteiger partial charge on any atom is 0.264 e. The van der Waals surface area contributed by atoms with Gasteiger partial charge in [0.1, 0.15) is 18.3 Å². The van der Waals surface area contributed by atoms with Crippen molar-refractivity contribution in [2.75, 3.05) is 38.2 Å². The van der Waals surface area contributed by atoms with E-state index < -0.39 is 28.5 Å². The Morgan fingerprint density at radius 3 is 2.12 bits per heavy atom. The van der Waals surface area contributed by atoms with E-state index in [1.807, 2.05) is 44.2 Å². The van der Waals surface area contributed by atoms with Crippen LogP contribution in [0.4, 0.5) is 5.69 Å². The maximum absolute atomic E-state index is 14.6. The first-order valence-corrected chi connectivity index (χ1v) is 17.8. The Bertz CT molecular complexity index is 1790. The largest absolute Gasteiger partial charge is 0.494 e. The molecule has 0 heterocycles. The summed E-state index contributed by atoms with van der Waals surface area (Å²) in [4.78, 5) is 29.8. The summed E-state index contributed by atoms with van der Waals surface area (Å²) in [5.74, 6) is 0.173. The molecule has 1 atom stereocenters. The quantitative estimate of drug-likeness (QED) is 0.141. The third-order valence-corrected chi connectivity index (χ3v) is 9.77. The van der Waals surface area contributed by atoms with Crippen molar-refractivity contribution in [3.63, 3.8) is 0 Å². The molecular weight excluding hydrogens is 666 g/mol. The Labute approximate surface area is 293 Å². The predicted octanol–water partition coefficient (Wildman–Crippen LogP) is 6.12. The first-order valence-electron chi connectivity index (χ1n) is 15.9. The molecule has 10 nitrogen and oxygen atoms in total. The van der Waals surface area contributed by atoms with Crippen LogP contribution in [-0.2, 0) is 32.6 Å². The Hall–Kier alpha value is -4.74. The summed E-state index contributed by atoms with van der Waals surface area (Å²) < 4.78 is 46.2. The molecule has 4 aromatic carbocycles. The van der Waals surface area contributed by atoms with Crippen LogP contribution in [0.5, 0.6) is 17.2 Å². The van der Waals surface area contributed by atoms with Crippen LogP contribution in [0.3, 0.4) is 0 Å². The lowest BCUT2D eigenvalue weighted by Gasteiger charge is -2.34. The third kappa shape index (κ3) is 9.67. The van der Waals surface area contributed by atoms with Gasteiger partial charge in [0, 0.05) is 30.6 Å². The smallest absolute Gasteiger partial charge is 0.264 e. The minimum Gasteiger partial charge on any atom is -0.494 e. The summed E-state index contributed by atoms with van der Waals surface area (Å²) in [5, 5.41) is 3.46. The molecule has 4 aromatic rings. The van der Waals surface area contributed by atoms with Gasteiger partial charge in [0.2, 0.25) is 11.8 Å². The molecule has 0 aliphatic carbocycles. The number of amides is 2. The van der Waals surface area contributed by atoms with Crippen molar-refractivity contribution in [3.8, 4) is 17.2 Å². The lowest BCUT2D eigenvalue weighted by atomic mass is 10.0. The minimum atomic E-state index is -4.37. The van der Waals surface area contributed by atoms with E-state index in [1.54, 1.807) is 48.5 Å². The highest BCUT2D eigenvalue weighted by atomic mass is 35.5.